The normalized spacial score (nSPS) is 11.4. The predicted molar refractivity (Wildman–Crippen MR) is 501 cm³/mol. The number of aromatic nitrogens is 10. The zero-order valence-corrected chi connectivity index (χ0v) is 72.4. The number of benzene rings is 14. The zero-order chi connectivity index (χ0) is 84.0. The molecule has 16 heteroatoms. The van der Waals surface area contributed by atoms with Crippen molar-refractivity contribution in [3.05, 3.63) is 455 Å². The molecule has 0 unspecified atom stereocenters. The monoisotopic (exact) mass is 2000 g/mol. The molecule has 0 bridgehead atoms. The van der Waals surface area contributed by atoms with Crippen molar-refractivity contribution in [2.75, 3.05) is 0 Å². The molecule has 9 aromatic heterocycles. The third-order valence-corrected chi connectivity index (χ3v) is 23.7. The largest absolute Gasteiger partial charge is 3.00 e. The van der Waals surface area contributed by atoms with E-state index in [0.29, 0.717) is 77.6 Å². The molecule has 0 saturated carbocycles. The summed E-state index contributed by atoms with van der Waals surface area (Å²) in [4.78, 5) is 84.7. The second-order valence-corrected chi connectivity index (χ2v) is 31.1. The molecule has 128 heavy (non-hydrogen) atoms. The quantitative estimate of drug-likeness (QED) is 0.0756. The van der Waals surface area contributed by atoms with Crippen LogP contribution in [0, 0.1) is 36.9 Å². The van der Waals surface area contributed by atoms with Gasteiger partial charge in [0.05, 0.1) is 28.4 Å². The summed E-state index contributed by atoms with van der Waals surface area (Å²) in [6.45, 7) is 0. The summed E-state index contributed by atoms with van der Waals surface area (Å²) < 4.78 is 5.92. The first kappa shape index (κ1) is 79.1. The van der Waals surface area contributed by atoms with Crippen LogP contribution in [0.15, 0.2) is 396 Å². The summed E-state index contributed by atoms with van der Waals surface area (Å²) in [5.74, 6) is 0. The molecular formula is C112H62Ir2N10O4. The van der Waals surface area contributed by atoms with Gasteiger partial charge in [0.15, 0.2) is 22.2 Å². The van der Waals surface area contributed by atoms with Crippen molar-refractivity contribution in [2.24, 2.45) is 0 Å². The average Bonchev–Trinajstić information content (AvgIpc) is 0.763. The Bertz CT molecular complexity index is 7860. The minimum Gasteiger partial charge on any atom is -0.389 e. The van der Waals surface area contributed by atoms with Crippen molar-refractivity contribution in [3.8, 4) is 156 Å². The third kappa shape index (κ3) is 14.1. The van der Waals surface area contributed by atoms with Crippen molar-refractivity contribution in [3.63, 3.8) is 0 Å². The molecule has 23 aromatic rings. The van der Waals surface area contributed by atoms with Crippen LogP contribution in [0.3, 0.4) is 0 Å². The maximum atomic E-state index is 13.8. The average molecular weight is 2000 g/mol. The fraction of sp³-hybridized carbons (Fsp3) is 0. The molecule has 14 nitrogen and oxygen atoms in total. The van der Waals surface area contributed by atoms with Gasteiger partial charge in [-0.25, -0.2) is 0 Å². The van der Waals surface area contributed by atoms with Gasteiger partial charge in [0.2, 0.25) is 0 Å². The number of rotatable bonds is 14. The maximum Gasteiger partial charge on any atom is 3.00 e. The van der Waals surface area contributed by atoms with Gasteiger partial charge >= 0.3 is 40.2 Å². The Hall–Kier alpha value is -16.1. The van der Waals surface area contributed by atoms with Gasteiger partial charge < -0.3 is 36.8 Å². The Labute approximate surface area is 758 Å². The Balaban J connectivity index is 0.00000498. The predicted octanol–water partition coefficient (Wildman–Crippen LogP) is 23.3. The van der Waals surface area contributed by atoms with Crippen LogP contribution in [0.5, 0.6) is 0 Å². The van der Waals surface area contributed by atoms with Gasteiger partial charge in [-0.2, -0.15) is 0 Å². The van der Waals surface area contributed by atoms with Crippen LogP contribution in [-0.4, -0.2) is 47.5 Å². The van der Waals surface area contributed by atoms with E-state index in [1.807, 2.05) is 188 Å². The van der Waals surface area contributed by atoms with Gasteiger partial charge in [0.25, 0.3) is 0 Å². The summed E-state index contributed by atoms with van der Waals surface area (Å²) in [6, 6.07) is 130. The van der Waals surface area contributed by atoms with E-state index in [0.717, 1.165) is 145 Å². The first-order valence-electron chi connectivity index (χ1n) is 41.2. The van der Waals surface area contributed by atoms with E-state index in [1.54, 1.807) is 30.6 Å². The molecular weight excluding hydrogens is 1930 g/mol. The molecule has 0 aliphatic heterocycles. The molecule has 0 radical (unpaired) electrons. The van der Waals surface area contributed by atoms with Gasteiger partial charge in [-0.15, -0.1) is 83.9 Å². The maximum absolute atomic E-state index is 13.8. The SMILES string of the molecule is O=c1c2ccccc2nc2cc(-c3ccccc3-c3cc(-c4ccccc4-c4c[c-]c(-c5cc(-c6[c-]cc(-c7ccccc7-c7cc(-c8ccccc8-c8c[c-]n9c(=O)c%10ccccc%10nc9c8)cc(-c8ccccc8-c8c[c-]n9c(=O)c%10ccccc%10nc9c8)c7)cc6)ncn5)cc4)cc(-c4ccccc4-c4c[c-]n5c(=O)c6ccccc6nc5c4)c3)c[c-]n12.[Ir+3].[Ir+3]. The van der Waals surface area contributed by atoms with E-state index < -0.39 is 0 Å². The van der Waals surface area contributed by atoms with Crippen molar-refractivity contribution in [1.29, 1.82) is 0 Å². The molecule has 0 aliphatic rings. The number of hydrogen-bond acceptors (Lipinski definition) is 10. The fourth-order valence-electron chi connectivity index (χ4n) is 17.6. The fourth-order valence-corrected chi connectivity index (χ4v) is 17.6. The summed E-state index contributed by atoms with van der Waals surface area (Å²) in [7, 11) is 0. The molecule has 0 aliphatic carbocycles. The molecule has 0 fully saturated rings. The van der Waals surface area contributed by atoms with Gasteiger partial charge in [-0.05, 0) is 139 Å². The molecule has 0 atom stereocenters. The summed E-state index contributed by atoms with van der Waals surface area (Å²) in [5.41, 5.74) is 29.1. The molecule has 23 rings (SSSR count). The molecule has 9 heterocycles. The molecule has 0 amide bonds. The van der Waals surface area contributed by atoms with Crippen molar-refractivity contribution in [1.82, 2.24) is 47.5 Å². The van der Waals surface area contributed by atoms with Gasteiger partial charge in [0.1, 0.15) is 0 Å². The first-order valence-corrected chi connectivity index (χ1v) is 41.2. The topological polar surface area (TPSA) is 163 Å². The molecule has 0 saturated heterocycles. The van der Waals surface area contributed by atoms with E-state index in [4.69, 9.17) is 29.9 Å². The van der Waals surface area contributed by atoms with Gasteiger partial charge in [-0.1, -0.05) is 340 Å². The van der Waals surface area contributed by atoms with Crippen molar-refractivity contribution < 1.29 is 40.2 Å². The van der Waals surface area contributed by atoms with Crippen LogP contribution in [0.1, 0.15) is 0 Å². The van der Waals surface area contributed by atoms with Crippen molar-refractivity contribution >= 4 is 66.2 Å². The van der Waals surface area contributed by atoms with E-state index in [2.05, 4.69) is 195 Å². The second kappa shape index (κ2) is 32.9. The summed E-state index contributed by atoms with van der Waals surface area (Å²) >= 11 is 0. The van der Waals surface area contributed by atoms with E-state index in [-0.39, 0.29) is 62.4 Å². The number of fused-ring (bicyclic) bond motifs is 8. The van der Waals surface area contributed by atoms with E-state index in [9.17, 15) is 19.2 Å². The van der Waals surface area contributed by atoms with Gasteiger partial charge in [-0.3, -0.25) is 29.9 Å². The van der Waals surface area contributed by atoms with Crippen LogP contribution in [-0.2, 0) is 40.2 Å². The number of para-hydroxylation sites is 4. The zero-order valence-electron chi connectivity index (χ0n) is 67.6. The molecule has 14 aromatic carbocycles. The van der Waals surface area contributed by atoms with Crippen LogP contribution >= 0.6 is 0 Å². The van der Waals surface area contributed by atoms with Crippen LogP contribution in [0.2, 0.25) is 0 Å². The van der Waals surface area contributed by atoms with Crippen LogP contribution < -0.4 is 22.2 Å². The Morgan fingerprint density at radius 1 is 0.203 bits per heavy atom. The molecule has 0 N–H and O–H groups in total. The first-order chi connectivity index (χ1) is 62.1. The smallest absolute Gasteiger partial charge is 0.389 e. The molecule has 0 spiro atoms. The van der Waals surface area contributed by atoms with Crippen LogP contribution in [0.25, 0.3) is 222 Å². The standard InChI is InChI=1S/C112H62N10O4.2Ir/c123-109-95-33-13-17-37-99(95)115-105-63-73(49-53-119(105)109)85-23-3-9-29-91(85)79-57-77(58-80(61-79)92-30-10-4-24-86(92)74-50-54-120-106(64-74)116-100-38-18-14-34-96(100)110(120)124)89-27-7-1-21-83(89)69-41-45-71(46-42-69)103-67-104(114-68-113-103)72-47-43-70(44-48-72)84-22-2-8-28-90(84)78-59-81(93-31-11-5-25-87(93)75-51-55-121-107(65-75)117-101-39-19-15-35-97(101)111(121)125)62-82(60-78)94-32-12-6-26-88(94)76-52-56-122-108(66-76)118-102-40-20-16-36-98(102)112(122)126;;/h1-45,47,49-52,57-68H;;/q-6;2*+3. The van der Waals surface area contributed by atoms with E-state index in [1.165, 1.54) is 17.6 Å². The number of nitrogens with zero attached hydrogens (tertiary/aromatic N) is 10. The summed E-state index contributed by atoms with van der Waals surface area (Å²) in [5, 5.41) is 2.09. The summed E-state index contributed by atoms with van der Waals surface area (Å²) in [6.07, 6.45) is 14.6. The number of hydrogen-bond donors (Lipinski definition) is 0. The van der Waals surface area contributed by atoms with Crippen LogP contribution in [0.4, 0.5) is 0 Å². The number of pyridine rings is 4. The van der Waals surface area contributed by atoms with E-state index >= 15 is 0 Å². The minimum atomic E-state index is -0.186. The molecule has 602 valence electrons. The minimum absolute atomic E-state index is 0. The second-order valence-electron chi connectivity index (χ2n) is 31.1. The Morgan fingerprint density at radius 3 is 0.641 bits per heavy atom. The van der Waals surface area contributed by atoms with Crippen molar-refractivity contribution in [2.45, 2.75) is 0 Å². The Morgan fingerprint density at radius 2 is 0.414 bits per heavy atom. The Kier molecular flexibility index (Phi) is 20.3. The van der Waals surface area contributed by atoms with Gasteiger partial charge in [0, 0.05) is 44.1 Å². The third-order valence-electron chi connectivity index (χ3n) is 23.7.